The van der Waals surface area contributed by atoms with Gasteiger partial charge in [0, 0.05) is 24.7 Å². The van der Waals surface area contributed by atoms with E-state index in [1.54, 1.807) is 5.54 Å². The summed E-state index contributed by atoms with van der Waals surface area (Å²) in [5.41, 5.74) is 2.99. The molecule has 3 heteroatoms. The molecule has 2 rings (SSSR count). The Balaban J connectivity index is 1.96. The van der Waals surface area contributed by atoms with Gasteiger partial charge in [-0.25, -0.2) is 0 Å². The van der Waals surface area contributed by atoms with Gasteiger partial charge in [-0.1, -0.05) is 11.6 Å². The molecule has 0 aromatic carbocycles. The van der Waals surface area contributed by atoms with Crippen molar-refractivity contribution >= 4 is 11.6 Å². The fraction of sp³-hybridized carbons (Fsp3) is 0.818. The third-order valence-corrected chi connectivity index (χ3v) is 3.80. The molecule has 2 aliphatic heterocycles. The Morgan fingerprint density at radius 3 is 3.21 bits per heavy atom. The summed E-state index contributed by atoms with van der Waals surface area (Å²) in [5.74, 6) is 0.881. The number of fused-ring (bicyclic) bond motifs is 1. The van der Waals surface area contributed by atoms with Gasteiger partial charge in [-0.2, -0.15) is 0 Å². The van der Waals surface area contributed by atoms with Gasteiger partial charge >= 0.3 is 0 Å². The minimum Gasteiger partial charge on any atom is -0.315 e. The van der Waals surface area contributed by atoms with Crippen LogP contribution >= 0.6 is 11.6 Å². The van der Waals surface area contributed by atoms with Crippen LogP contribution in [0.2, 0.25) is 0 Å². The summed E-state index contributed by atoms with van der Waals surface area (Å²) in [6.07, 6.45) is 2.75. The average Bonchev–Trinajstić information content (AvgIpc) is 2.66. The van der Waals surface area contributed by atoms with Gasteiger partial charge in [-0.3, -0.25) is 4.90 Å². The maximum atomic E-state index is 5.71. The summed E-state index contributed by atoms with van der Waals surface area (Å²) in [4.78, 5) is 2.59. The zero-order valence-electron chi connectivity index (χ0n) is 8.80. The van der Waals surface area contributed by atoms with Crippen LogP contribution in [0.3, 0.4) is 0 Å². The van der Waals surface area contributed by atoms with Crippen molar-refractivity contribution in [2.75, 3.05) is 26.2 Å². The predicted molar refractivity (Wildman–Crippen MR) is 60.6 cm³/mol. The first kappa shape index (κ1) is 10.5. The lowest BCUT2D eigenvalue weighted by molar-refractivity contribution is 0.137. The quantitative estimate of drug-likeness (QED) is 0.755. The second kappa shape index (κ2) is 4.65. The second-order valence-electron chi connectivity index (χ2n) is 4.55. The minimum absolute atomic E-state index is 0.760. The number of halogens is 1. The van der Waals surface area contributed by atoms with E-state index in [1.165, 1.54) is 38.0 Å². The van der Waals surface area contributed by atoms with E-state index in [2.05, 4.69) is 17.1 Å². The Morgan fingerprint density at radius 1 is 1.57 bits per heavy atom. The van der Waals surface area contributed by atoms with E-state index in [0.29, 0.717) is 0 Å². The van der Waals surface area contributed by atoms with Crippen molar-refractivity contribution in [3.8, 4) is 0 Å². The van der Waals surface area contributed by atoms with Gasteiger partial charge in [-0.05, 0) is 44.3 Å². The molecular formula is C11H19ClN2. The molecule has 2 atom stereocenters. The van der Waals surface area contributed by atoms with Crippen LogP contribution in [0.15, 0.2) is 11.1 Å². The molecule has 0 aromatic rings. The number of rotatable bonds is 2. The molecule has 0 amide bonds. The second-order valence-corrected chi connectivity index (χ2v) is 4.77. The Bertz CT molecular complexity index is 227. The third kappa shape index (κ3) is 2.13. The molecular weight excluding hydrogens is 196 g/mol. The van der Waals surface area contributed by atoms with Crippen molar-refractivity contribution in [1.29, 1.82) is 0 Å². The molecule has 1 N–H and O–H groups in total. The first-order valence-corrected chi connectivity index (χ1v) is 5.95. The summed E-state index contributed by atoms with van der Waals surface area (Å²) in [5, 5.41) is 3.49. The van der Waals surface area contributed by atoms with E-state index < -0.39 is 0 Å². The number of nitrogens with zero attached hydrogens (tertiary/aromatic N) is 1. The van der Waals surface area contributed by atoms with Crippen LogP contribution in [-0.2, 0) is 0 Å². The molecule has 2 nitrogen and oxygen atoms in total. The van der Waals surface area contributed by atoms with Crippen LogP contribution in [0.1, 0.15) is 19.8 Å². The van der Waals surface area contributed by atoms with Crippen molar-refractivity contribution in [2.45, 2.75) is 25.8 Å². The van der Waals surface area contributed by atoms with Crippen molar-refractivity contribution in [1.82, 2.24) is 10.2 Å². The standard InChI is InChI=1S/C11H19ClN2/c1-9(5-12)8-14-4-2-3-10-6-13-7-11(10)14/h5,10-11,13H,2-4,6-8H2,1H3. The largest absolute Gasteiger partial charge is 0.315 e. The number of piperidine rings is 1. The molecule has 80 valence electrons. The molecule has 0 bridgehead atoms. The van der Waals surface area contributed by atoms with Crippen LogP contribution < -0.4 is 5.32 Å². The van der Waals surface area contributed by atoms with Gasteiger partial charge in [0.1, 0.15) is 0 Å². The van der Waals surface area contributed by atoms with Gasteiger partial charge in [0.25, 0.3) is 0 Å². The molecule has 0 aromatic heterocycles. The number of hydrogen-bond donors (Lipinski definition) is 1. The van der Waals surface area contributed by atoms with Crippen molar-refractivity contribution in [3.63, 3.8) is 0 Å². The Morgan fingerprint density at radius 2 is 2.43 bits per heavy atom. The van der Waals surface area contributed by atoms with E-state index in [9.17, 15) is 0 Å². The van der Waals surface area contributed by atoms with E-state index in [4.69, 9.17) is 11.6 Å². The molecule has 0 aliphatic carbocycles. The van der Waals surface area contributed by atoms with Gasteiger partial charge < -0.3 is 5.32 Å². The first-order chi connectivity index (χ1) is 6.81. The van der Waals surface area contributed by atoms with Crippen molar-refractivity contribution in [2.24, 2.45) is 5.92 Å². The van der Waals surface area contributed by atoms with Gasteiger partial charge in [0.05, 0.1) is 0 Å². The Hall–Kier alpha value is -0.0500. The molecule has 2 fully saturated rings. The van der Waals surface area contributed by atoms with Crippen LogP contribution in [0.5, 0.6) is 0 Å². The van der Waals surface area contributed by atoms with Gasteiger partial charge in [0.15, 0.2) is 0 Å². The monoisotopic (exact) mass is 214 g/mol. The fourth-order valence-electron chi connectivity index (χ4n) is 2.71. The van der Waals surface area contributed by atoms with E-state index >= 15 is 0 Å². The summed E-state index contributed by atoms with van der Waals surface area (Å²) >= 11 is 5.71. The van der Waals surface area contributed by atoms with Crippen molar-refractivity contribution in [3.05, 3.63) is 11.1 Å². The SMILES string of the molecule is CC(=CCl)CN1CCCC2CNCC21. The van der Waals surface area contributed by atoms with E-state index in [-0.39, 0.29) is 0 Å². The van der Waals surface area contributed by atoms with Crippen molar-refractivity contribution < 1.29 is 0 Å². The smallest absolute Gasteiger partial charge is 0.0264 e. The number of hydrogen-bond acceptors (Lipinski definition) is 2. The highest BCUT2D eigenvalue weighted by molar-refractivity contribution is 6.25. The van der Waals surface area contributed by atoms with Crippen LogP contribution in [0.4, 0.5) is 0 Å². The predicted octanol–water partition coefficient (Wildman–Crippen LogP) is 1.81. The molecule has 2 saturated heterocycles. The normalized spacial score (nSPS) is 34.6. The van der Waals surface area contributed by atoms with E-state index in [0.717, 1.165) is 18.5 Å². The maximum absolute atomic E-state index is 5.71. The minimum atomic E-state index is 0.760. The fourth-order valence-corrected chi connectivity index (χ4v) is 2.78. The number of likely N-dealkylation sites (tertiary alicyclic amines) is 1. The van der Waals surface area contributed by atoms with Gasteiger partial charge in [-0.15, -0.1) is 0 Å². The van der Waals surface area contributed by atoms with Crippen LogP contribution in [0, 0.1) is 5.92 Å². The Kier molecular flexibility index (Phi) is 3.47. The Labute approximate surface area is 91.3 Å². The summed E-state index contributed by atoms with van der Waals surface area (Å²) in [7, 11) is 0. The maximum Gasteiger partial charge on any atom is 0.0264 e. The third-order valence-electron chi connectivity index (χ3n) is 3.43. The average molecular weight is 215 g/mol. The summed E-state index contributed by atoms with van der Waals surface area (Å²) < 4.78 is 0. The summed E-state index contributed by atoms with van der Waals surface area (Å²) in [6, 6.07) is 0.760. The zero-order chi connectivity index (χ0) is 9.97. The molecule has 2 unspecified atom stereocenters. The molecule has 14 heavy (non-hydrogen) atoms. The molecule has 2 aliphatic rings. The molecule has 0 radical (unpaired) electrons. The zero-order valence-corrected chi connectivity index (χ0v) is 9.56. The first-order valence-electron chi connectivity index (χ1n) is 5.52. The lowest BCUT2D eigenvalue weighted by atomic mass is 9.92. The van der Waals surface area contributed by atoms with E-state index in [1.807, 2.05) is 0 Å². The highest BCUT2D eigenvalue weighted by Crippen LogP contribution is 2.26. The highest BCUT2D eigenvalue weighted by atomic mass is 35.5. The van der Waals surface area contributed by atoms with Crippen LogP contribution in [0.25, 0.3) is 0 Å². The lowest BCUT2D eigenvalue weighted by Gasteiger charge is -2.37. The highest BCUT2D eigenvalue weighted by Gasteiger charge is 2.34. The molecule has 2 heterocycles. The molecule has 0 saturated carbocycles. The lowest BCUT2D eigenvalue weighted by Crippen LogP contribution is -2.45. The van der Waals surface area contributed by atoms with Gasteiger partial charge in [0.2, 0.25) is 0 Å². The molecule has 0 spiro atoms. The number of nitrogens with one attached hydrogen (secondary N) is 1. The summed E-state index contributed by atoms with van der Waals surface area (Å²) in [6.45, 7) is 6.78. The topological polar surface area (TPSA) is 15.3 Å². The van der Waals surface area contributed by atoms with Crippen LogP contribution in [-0.4, -0.2) is 37.1 Å².